The molecule has 2 aliphatic rings. The molecule has 1 aliphatic heterocycles. The van der Waals surface area contributed by atoms with Crippen molar-refractivity contribution >= 4 is 27.9 Å². The molecule has 1 aliphatic carbocycles. The van der Waals surface area contributed by atoms with Crippen LogP contribution in [0.25, 0.3) is 0 Å². The van der Waals surface area contributed by atoms with E-state index in [2.05, 4.69) is 42.0 Å². The topological polar surface area (TPSA) is 52.7 Å². The van der Waals surface area contributed by atoms with Crippen LogP contribution in [0.5, 0.6) is 0 Å². The normalized spacial score (nSPS) is 28.1. The van der Waals surface area contributed by atoms with E-state index in [1.807, 2.05) is 36.2 Å². The molecular weight excluding hydrogens is 394 g/mol. The van der Waals surface area contributed by atoms with E-state index in [0.717, 1.165) is 22.9 Å². The average molecular weight is 422 g/mol. The Hall–Kier alpha value is -1.40. The van der Waals surface area contributed by atoms with Gasteiger partial charge >= 0.3 is 6.03 Å². The Bertz CT molecular complexity index is 704. The minimum absolute atomic E-state index is 0.0555. The second-order valence-electron chi connectivity index (χ2n) is 8.88. The van der Waals surface area contributed by atoms with Gasteiger partial charge in [-0.1, -0.05) is 48.8 Å². The lowest BCUT2D eigenvalue weighted by molar-refractivity contribution is -0.136. The third-order valence-corrected chi connectivity index (χ3v) is 5.90. The van der Waals surface area contributed by atoms with Crippen LogP contribution in [0.15, 0.2) is 28.7 Å². The average Bonchev–Trinajstić information content (AvgIpc) is 2.71. The molecule has 5 nitrogen and oxygen atoms in total. The first kappa shape index (κ1) is 19.4. The molecule has 1 N–H and O–H groups in total. The zero-order chi connectivity index (χ0) is 19.1. The Morgan fingerprint density at radius 1 is 1.23 bits per heavy atom. The summed E-state index contributed by atoms with van der Waals surface area (Å²) in [4.78, 5) is 29.1. The van der Waals surface area contributed by atoms with Crippen molar-refractivity contribution in [1.29, 1.82) is 0 Å². The maximum Gasteiger partial charge on any atom is 0.326 e. The molecule has 1 heterocycles. The first-order valence-electron chi connectivity index (χ1n) is 9.17. The summed E-state index contributed by atoms with van der Waals surface area (Å²) in [6.45, 7) is 7.53. The lowest BCUT2D eigenvalue weighted by atomic mass is 9.64. The molecule has 1 aromatic carbocycles. The van der Waals surface area contributed by atoms with Crippen LogP contribution < -0.4 is 5.32 Å². The Kier molecular flexibility index (Phi) is 5.19. The maximum atomic E-state index is 13.2. The van der Waals surface area contributed by atoms with Gasteiger partial charge < -0.3 is 5.32 Å². The summed E-state index contributed by atoms with van der Waals surface area (Å²) in [5.41, 5.74) is 0.473. The first-order valence-corrected chi connectivity index (χ1v) is 9.97. The maximum absolute atomic E-state index is 13.2. The lowest BCUT2D eigenvalue weighted by Gasteiger charge is -2.43. The van der Waals surface area contributed by atoms with E-state index in [0.29, 0.717) is 25.6 Å². The molecule has 3 amide bonds. The van der Waals surface area contributed by atoms with Gasteiger partial charge in [0, 0.05) is 11.0 Å². The minimum atomic E-state index is -0.725. The van der Waals surface area contributed by atoms with Gasteiger partial charge in [0.05, 0.1) is 6.67 Å². The van der Waals surface area contributed by atoms with Crippen LogP contribution in [0.1, 0.15) is 45.6 Å². The molecule has 2 atom stereocenters. The fourth-order valence-corrected chi connectivity index (χ4v) is 5.09. The van der Waals surface area contributed by atoms with Gasteiger partial charge in [-0.2, -0.15) is 0 Å². The van der Waals surface area contributed by atoms with E-state index in [4.69, 9.17) is 0 Å². The van der Waals surface area contributed by atoms with Crippen molar-refractivity contribution in [1.82, 2.24) is 15.1 Å². The molecule has 0 aromatic heterocycles. The summed E-state index contributed by atoms with van der Waals surface area (Å²) < 4.78 is 1.04. The Balaban J connectivity index is 1.70. The van der Waals surface area contributed by atoms with E-state index in [1.54, 1.807) is 0 Å². The molecule has 2 fully saturated rings. The van der Waals surface area contributed by atoms with Gasteiger partial charge in [-0.25, -0.2) is 9.69 Å². The zero-order valence-corrected chi connectivity index (χ0v) is 17.6. The minimum Gasteiger partial charge on any atom is -0.323 e. The van der Waals surface area contributed by atoms with Crippen molar-refractivity contribution in [3.8, 4) is 0 Å². The number of carbonyl (C=O) groups excluding carboxylic acids is 2. The third kappa shape index (κ3) is 3.96. The predicted octanol–water partition coefficient (Wildman–Crippen LogP) is 3.98. The number of hydrogen-bond acceptors (Lipinski definition) is 3. The van der Waals surface area contributed by atoms with Crippen LogP contribution in [-0.4, -0.2) is 41.0 Å². The molecule has 0 radical (unpaired) electrons. The highest BCUT2D eigenvalue weighted by Crippen LogP contribution is 2.46. The monoisotopic (exact) mass is 421 g/mol. The number of hydrogen-bond donors (Lipinski definition) is 1. The predicted molar refractivity (Wildman–Crippen MR) is 105 cm³/mol. The van der Waals surface area contributed by atoms with Gasteiger partial charge in [0.1, 0.15) is 5.54 Å². The zero-order valence-electron chi connectivity index (χ0n) is 16.0. The van der Waals surface area contributed by atoms with E-state index in [1.165, 1.54) is 4.90 Å². The first-order chi connectivity index (χ1) is 12.1. The van der Waals surface area contributed by atoms with Gasteiger partial charge in [-0.15, -0.1) is 0 Å². The van der Waals surface area contributed by atoms with E-state index in [9.17, 15) is 9.59 Å². The standard InChI is InChI=1S/C20H28BrN3O2/c1-14-9-19(2,3)12-20(10-14)17(25)24(18(26)22-20)13-23(4)11-15-5-7-16(21)8-6-15/h5-8,14H,9-13H2,1-4H3,(H,22,26)/t14-,20-/m1/s1. The summed E-state index contributed by atoms with van der Waals surface area (Å²) in [7, 11) is 1.93. The molecule has 0 bridgehead atoms. The quantitative estimate of drug-likeness (QED) is 0.747. The molecule has 26 heavy (non-hydrogen) atoms. The SMILES string of the molecule is C[C@@H]1CC(C)(C)C[C@@]2(C1)NC(=O)N(CN(C)Cc1ccc(Br)cc1)C2=O. The second-order valence-corrected chi connectivity index (χ2v) is 9.80. The van der Waals surface area contributed by atoms with Crippen molar-refractivity contribution in [3.05, 3.63) is 34.3 Å². The molecule has 1 spiro atoms. The molecule has 142 valence electrons. The van der Waals surface area contributed by atoms with Crippen molar-refractivity contribution in [2.24, 2.45) is 11.3 Å². The summed E-state index contributed by atoms with van der Waals surface area (Å²) >= 11 is 3.43. The number of halogens is 1. The van der Waals surface area contributed by atoms with Gasteiger partial charge in [0.2, 0.25) is 0 Å². The number of nitrogens with one attached hydrogen (secondary N) is 1. The van der Waals surface area contributed by atoms with Crippen LogP contribution in [0.4, 0.5) is 4.79 Å². The fraction of sp³-hybridized carbons (Fsp3) is 0.600. The van der Waals surface area contributed by atoms with Crippen molar-refractivity contribution in [2.75, 3.05) is 13.7 Å². The van der Waals surface area contributed by atoms with Crippen LogP contribution in [0.3, 0.4) is 0 Å². The summed E-state index contributed by atoms with van der Waals surface area (Å²) in [6, 6.07) is 7.82. The van der Waals surface area contributed by atoms with E-state index in [-0.39, 0.29) is 17.4 Å². The van der Waals surface area contributed by atoms with Gasteiger partial charge in [-0.05, 0) is 55.3 Å². The molecule has 3 rings (SSSR count). The summed E-state index contributed by atoms with van der Waals surface area (Å²) in [5, 5.41) is 3.04. The van der Waals surface area contributed by atoms with Gasteiger partial charge in [0.25, 0.3) is 5.91 Å². The van der Waals surface area contributed by atoms with Crippen molar-refractivity contribution < 1.29 is 9.59 Å². The van der Waals surface area contributed by atoms with Gasteiger partial charge in [-0.3, -0.25) is 9.69 Å². The fourth-order valence-electron chi connectivity index (χ4n) is 4.83. The molecule has 0 unspecified atom stereocenters. The highest BCUT2D eigenvalue weighted by Gasteiger charge is 2.56. The van der Waals surface area contributed by atoms with E-state index >= 15 is 0 Å². The lowest BCUT2D eigenvalue weighted by Crippen LogP contribution is -2.54. The van der Waals surface area contributed by atoms with Crippen molar-refractivity contribution in [3.63, 3.8) is 0 Å². The smallest absolute Gasteiger partial charge is 0.323 e. The second kappa shape index (κ2) is 6.97. The molecular formula is C20H28BrN3O2. The number of urea groups is 1. The molecule has 1 aromatic rings. The number of benzene rings is 1. The Morgan fingerprint density at radius 3 is 2.50 bits per heavy atom. The Labute approximate surface area is 164 Å². The number of rotatable bonds is 4. The van der Waals surface area contributed by atoms with Crippen LogP contribution >= 0.6 is 15.9 Å². The van der Waals surface area contributed by atoms with Gasteiger partial charge in [0.15, 0.2) is 0 Å². The number of nitrogens with zero attached hydrogens (tertiary/aromatic N) is 2. The number of amides is 3. The van der Waals surface area contributed by atoms with Crippen molar-refractivity contribution in [2.45, 2.75) is 52.1 Å². The number of imide groups is 1. The Morgan fingerprint density at radius 2 is 1.88 bits per heavy atom. The van der Waals surface area contributed by atoms with E-state index < -0.39 is 5.54 Å². The van der Waals surface area contributed by atoms with Crippen LogP contribution in [0.2, 0.25) is 0 Å². The largest absolute Gasteiger partial charge is 0.326 e. The van der Waals surface area contributed by atoms with Crippen LogP contribution in [0, 0.1) is 11.3 Å². The molecule has 1 saturated carbocycles. The van der Waals surface area contributed by atoms with Crippen LogP contribution in [-0.2, 0) is 11.3 Å². The summed E-state index contributed by atoms with van der Waals surface area (Å²) in [5.74, 6) is 0.355. The highest BCUT2D eigenvalue weighted by molar-refractivity contribution is 9.10. The highest BCUT2D eigenvalue weighted by atomic mass is 79.9. The third-order valence-electron chi connectivity index (χ3n) is 5.37. The molecule has 6 heteroatoms. The number of carbonyl (C=O) groups is 2. The summed E-state index contributed by atoms with van der Waals surface area (Å²) in [6.07, 6.45) is 2.52. The molecule has 1 saturated heterocycles.